The second-order valence-electron chi connectivity index (χ2n) is 6.58. The van der Waals surface area contributed by atoms with Gasteiger partial charge in [-0.2, -0.15) is 5.10 Å². The van der Waals surface area contributed by atoms with Crippen LogP contribution in [0.4, 0.5) is 5.69 Å². The maximum atomic E-state index is 13.4. The molecule has 5 heteroatoms. The molecule has 1 aromatic carbocycles. The van der Waals surface area contributed by atoms with Crippen LogP contribution in [-0.2, 0) is 13.5 Å². The first kappa shape index (κ1) is 14.9. The van der Waals surface area contributed by atoms with Gasteiger partial charge in [-0.05, 0) is 44.9 Å². The molecule has 122 valence electrons. The van der Waals surface area contributed by atoms with Crippen LogP contribution in [-0.4, -0.2) is 26.7 Å². The molecule has 0 radical (unpaired) electrons. The number of anilines is 1. The number of aryl methyl sites for hydroxylation is 3. The van der Waals surface area contributed by atoms with E-state index in [9.17, 15) is 4.79 Å². The Morgan fingerprint density at radius 2 is 2.00 bits per heavy atom. The highest BCUT2D eigenvalue weighted by Gasteiger charge is 2.32. The number of nitrogens with zero attached hydrogens (tertiary/aromatic N) is 4. The summed E-state index contributed by atoms with van der Waals surface area (Å²) in [5, 5.41) is 5.30. The van der Waals surface area contributed by atoms with Crippen molar-refractivity contribution in [3.05, 3.63) is 52.8 Å². The molecule has 4 rings (SSSR count). The minimum absolute atomic E-state index is 0.0269. The SMILES string of the molecule is Cc1cc(C(=O)N2c3ccccc3C[C@@H]2C)c2c(C)nn(C)c2n1. The van der Waals surface area contributed by atoms with Crippen LogP contribution < -0.4 is 4.90 Å². The Bertz CT molecular complexity index is 973. The van der Waals surface area contributed by atoms with Crippen molar-refractivity contribution in [2.24, 2.45) is 7.05 Å². The number of benzene rings is 1. The van der Waals surface area contributed by atoms with E-state index in [0.29, 0.717) is 5.56 Å². The van der Waals surface area contributed by atoms with Gasteiger partial charge in [0.25, 0.3) is 5.91 Å². The maximum absolute atomic E-state index is 13.4. The number of carbonyl (C=O) groups is 1. The van der Waals surface area contributed by atoms with Crippen LogP contribution in [0.1, 0.15) is 34.2 Å². The Hall–Kier alpha value is -2.69. The minimum Gasteiger partial charge on any atom is -0.305 e. The monoisotopic (exact) mass is 320 g/mol. The Morgan fingerprint density at radius 1 is 1.25 bits per heavy atom. The summed E-state index contributed by atoms with van der Waals surface area (Å²) in [7, 11) is 1.86. The zero-order valence-corrected chi connectivity index (χ0v) is 14.4. The zero-order valence-electron chi connectivity index (χ0n) is 14.4. The smallest absolute Gasteiger partial charge is 0.259 e. The van der Waals surface area contributed by atoms with Gasteiger partial charge < -0.3 is 4.90 Å². The Labute approximate surface area is 140 Å². The molecule has 1 atom stereocenters. The average Bonchev–Trinajstić information content (AvgIpc) is 3.02. The number of para-hydroxylation sites is 1. The van der Waals surface area contributed by atoms with E-state index in [-0.39, 0.29) is 11.9 Å². The highest BCUT2D eigenvalue weighted by atomic mass is 16.2. The largest absolute Gasteiger partial charge is 0.305 e. The number of carbonyl (C=O) groups excluding carboxylic acids is 1. The molecule has 0 fully saturated rings. The number of aromatic nitrogens is 3. The molecule has 0 spiro atoms. The third kappa shape index (κ3) is 2.04. The van der Waals surface area contributed by atoms with Crippen LogP contribution in [0.3, 0.4) is 0 Å². The van der Waals surface area contributed by atoms with Gasteiger partial charge in [0.1, 0.15) is 0 Å². The van der Waals surface area contributed by atoms with Crippen molar-refractivity contribution in [2.75, 3.05) is 4.90 Å². The van der Waals surface area contributed by atoms with E-state index in [4.69, 9.17) is 0 Å². The van der Waals surface area contributed by atoms with Crippen molar-refractivity contribution < 1.29 is 4.79 Å². The molecule has 0 saturated carbocycles. The third-order valence-electron chi connectivity index (χ3n) is 4.75. The lowest BCUT2D eigenvalue weighted by Gasteiger charge is -2.23. The third-order valence-corrected chi connectivity index (χ3v) is 4.75. The highest BCUT2D eigenvalue weighted by Crippen LogP contribution is 2.34. The van der Waals surface area contributed by atoms with Crippen LogP contribution in [0.5, 0.6) is 0 Å². The molecule has 24 heavy (non-hydrogen) atoms. The molecule has 0 N–H and O–H groups in total. The molecule has 2 aromatic heterocycles. The quantitative estimate of drug-likeness (QED) is 0.692. The van der Waals surface area contributed by atoms with Gasteiger partial charge in [-0.25, -0.2) is 4.98 Å². The zero-order chi connectivity index (χ0) is 17.0. The number of hydrogen-bond acceptors (Lipinski definition) is 3. The van der Waals surface area contributed by atoms with E-state index >= 15 is 0 Å². The van der Waals surface area contributed by atoms with Crippen molar-refractivity contribution in [2.45, 2.75) is 33.2 Å². The maximum Gasteiger partial charge on any atom is 0.259 e. The van der Waals surface area contributed by atoms with E-state index in [1.807, 2.05) is 50.1 Å². The lowest BCUT2D eigenvalue weighted by Crippen LogP contribution is -2.36. The topological polar surface area (TPSA) is 51.0 Å². The van der Waals surface area contributed by atoms with Crippen molar-refractivity contribution in [3.63, 3.8) is 0 Å². The number of hydrogen-bond donors (Lipinski definition) is 0. The second kappa shape index (κ2) is 5.16. The predicted octanol–water partition coefficient (Wildman–Crippen LogP) is 3.18. The summed E-state index contributed by atoms with van der Waals surface area (Å²) in [5.74, 6) is 0.0269. The Balaban J connectivity index is 1.91. The van der Waals surface area contributed by atoms with Gasteiger partial charge in [0.05, 0.1) is 16.6 Å². The summed E-state index contributed by atoms with van der Waals surface area (Å²) in [4.78, 5) is 19.9. The van der Waals surface area contributed by atoms with Gasteiger partial charge in [0.2, 0.25) is 0 Å². The lowest BCUT2D eigenvalue weighted by atomic mass is 10.1. The first-order valence-electron chi connectivity index (χ1n) is 8.20. The van der Waals surface area contributed by atoms with Gasteiger partial charge in [-0.3, -0.25) is 9.48 Å². The average molecular weight is 320 g/mol. The summed E-state index contributed by atoms with van der Waals surface area (Å²) < 4.78 is 1.75. The molecule has 1 aliphatic heterocycles. The molecule has 0 saturated heterocycles. The van der Waals surface area contributed by atoms with Gasteiger partial charge in [0, 0.05) is 24.5 Å². The molecule has 3 aromatic rings. The van der Waals surface area contributed by atoms with Crippen LogP contribution in [0.2, 0.25) is 0 Å². The molecule has 5 nitrogen and oxygen atoms in total. The van der Waals surface area contributed by atoms with E-state index in [1.54, 1.807) is 4.68 Å². The second-order valence-corrected chi connectivity index (χ2v) is 6.58. The van der Waals surface area contributed by atoms with E-state index in [1.165, 1.54) is 5.56 Å². The molecule has 0 bridgehead atoms. The highest BCUT2D eigenvalue weighted by molar-refractivity contribution is 6.14. The first-order valence-corrected chi connectivity index (χ1v) is 8.20. The number of amides is 1. The van der Waals surface area contributed by atoms with E-state index in [2.05, 4.69) is 23.1 Å². The van der Waals surface area contributed by atoms with Crippen molar-refractivity contribution in [3.8, 4) is 0 Å². The molecule has 1 amide bonds. The summed E-state index contributed by atoms with van der Waals surface area (Å²) in [5.41, 5.74) is 5.35. The summed E-state index contributed by atoms with van der Waals surface area (Å²) >= 11 is 0. The van der Waals surface area contributed by atoms with Crippen LogP contribution in [0.15, 0.2) is 30.3 Å². The van der Waals surface area contributed by atoms with Crippen LogP contribution in [0.25, 0.3) is 11.0 Å². The van der Waals surface area contributed by atoms with Crippen molar-refractivity contribution in [1.29, 1.82) is 0 Å². The summed E-state index contributed by atoms with van der Waals surface area (Å²) in [6, 6.07) is 10.2. The van der Waals surface area contributed by atoms with E-state index in [0.717, 1.165) is 34.5 Å². The lowest BCUT2D eigenvalue weighted by molar-refractivity contribution is 0.0983. The van der Waals surface area contributed by atoms with Gasteiger partial charge >= 0.3 is 0 Å². The minimum atomic E-state index is 0.0269. The number of fused-ring (bicyclic) bond motifs is 2. The van der Waals surface area contributed by atoms with Gasteiger partial charge in [0.15, 0.2) is 5.65 Å². The summed E-state index contributed by atoms with van der Waals surface area (Å²) in [6.07, 6.45) is 0.890. The predicted molar refractivity (Wildman–Crippen MR) is 94.4 cm³/mol. The molecule has 0 aliphatic carbocycles. The van der Waals surface area contributed by atoms with E-state index < -0.39 is 0 Å². The first-order chi connectivity index (χ1) is 11.5. The Morgan fingerprint density at radius 3 is 2.79 bits per heavy atom. The molecular weight excluding hydrogens is 300 g/mol. The molecule has 0 unspecified atom stereocenters. The fourth-order valence-corrected chi connectivity index (χ4v) is 3.74. The number of pyridine rings is 1. The number of rotatable bonds is 1. The molecule has 1 aliphatic rings. The Kier molecular flexibility index (Phi) is 3.20. The fraction of sp³-hybridized carbons (Fsp3) is 0.316. The van der Waals surface area contributed by atoms with Crippen molar-refractivity contribution in [1.82, 2.24) is 14.8 Å². The molecular formula is C19H20N4O. The standard InChI is InChI=1S/C19H20N4O/c1-11-9-15(17-13(3)21-22(4)18(17)20-11)19(24)23-12(2)10-14-7-5-6-8-16(14)23/h5-9,12H,10H2,1-4H3/t12-/m0/s1. The van der Waals surface area contributed by atoms with Crippen LogP contribution >= 0.6 is 0 Å². The van der Waals surface area contributed by atoms with Crippen LogP contribution in [0, 0.1) is 13.8 Å². The van der Waals surface area contributed by atoms with Gasteiger partial charge in [-0.15, -0.1) is 0 Å². The fourth-order valence-electron chi connectivity index (χ4n) is 3.74. The normalized spacial score (nSPS) is 16.7. The summed E-state index contributed by atoms with van der Waals surface area (Å²) in [6.45, 7) is 5.94. The van der Waals surface area contributed by atoms with Crippen molar-refractivity contribution >= 4 is 22.6 Å². The van der Waals surface area contributed by atoms with Gasteiger partial charge in [-0.1, -0.05) is 18.2 Å². The molecule has 3 heterocycles.